The minimum absolute atomic E-state index is 0.0552. The number of carbonyl (C=O) groups excluding carboxylic acids is 2. The third-order valence-corrected chi connectivity index (χ3v) is 12.8. The fraction of sp³-hybridized carbons (Fsp3) is 0.867. The molecule has 4 saturated carbocycles. The van der Waals surface area contributed by atoms with Crippen LogP contribution in [0.2, 0.25) is 0 Å². The van der Waals surface area contributed by atoms with Gasteiger partial charge in [-0.2, -0.15) is 0 Å². The first-order valence-corrected chi connectivity index (χ1v) is 14.9. The van der Waals surface area contributed by atoms with E-state index in [1.54, 1.807) is 0 Å². The Balaban J connectivity index is 1.28. The summed E-state index contributed by atoms with van der Waals surface area (Å²) in [5.41, 5.74) is -1.77. The number of hydrogen-bond donors (Lipinski definition) is 4. The molecule has 10 nitrogen and oxygen atoms in total. The van der Waals surface area contributed by atoms with E-state index in [0.29, 0.717) is 25.7 Å². The average Bonchev–Trinajstić information content (AvgIpc) is 3.79. The Bertz CT molecular complexity index is 1170. The second-order valence-electron chi connectivity index (χ2n) is 14.3. The molecular weight excluding hydrogens is 520 g/mol. The van der Waals surface area contributed by atoms with E-state index in [1.807, 2.05) is 20.8 Å². The highest BCUT2D eigenvalue weighted by atomic mass is 16.6. The summed E-state index contributed by atoms with van der Waals surface area (Å²) in [6.45, 7) is 8.86. The predicted molar refractivity (Wildman–Crippen MR) is 137 cm³/mol. The van der Waals surface area contributed by atoms with Crippen LogP contribution in [0.25, 0.3) is 0 Å². The minimum atomic E-state index is -1.25. The average molecular weight is 563 g/mol. The quantitative estimate of drug-likeness (QED) is 0.286. The van der Waals surface area contributed by atoms with E-state index in [2.05, 4.69) is 6.92 Å². The molecule has 0 amide bonds. The first-order chi connectivity index (χ1) is 18.8. The molecule has 0 aromatic rings. The van der Waals surface area contributed by atoms with E-state index < -0.39 is 58.9 Å². The molecule has 0 aromatic heterocycles. The minimum Gasteiger partial charge on any atom is -0.462 e. The van der Waals surface area contributed by atoms with E-state index >= 15 is 0 Å². The number of hydrogen-bond acceptors (Lipinski definition) is 10. The fourth-order valence-corrected chi connectivity index (χ4v) is 10.7. The Morgan fingerprint density at radius 2 is 1.88 bits per heavy atom. The molecule has 3 aliphatic heterocycles. The van der Waals surface area contributed by atoms with Gasteiger partial charge in [0, 0.05) is 36.5 Å². The summed E-state index contributed by atoms with van der Waals surface area (Å²) >= 11 is 0. The molecule has 7 rings (SSSR count). The van der Waals surface area contributed by atoms with E-state index in [9.17, 15) is 30.0 Å². The monoisotopic (exact) mass is 562 g/mol. The van der Waals surface area contributed by atoms with Gasteiger partial charge in [0.25, 0.3) is 0 Å². The van der Waals surface area contributed by atoms with Crippen LogP contribution in [0, 0.1) is 40.4 Å². The lowest BCUT2D eigenvalue weighted by Gasteiger charge is -2.63. The lowest BCUT2D eigenvalue weighted by Crippen LogP contribution is -2.72. The van der Waals surface area contributed by atoms with Gasteiger partial charge in [0.2, 0.25) is 0 Å². The molecule has 0 radical (unpaired) electrons. The van der Waals surface area contributed by atoms with E-state index in [1.165, 1.54) is 6.92 Å². The molecular formula is C30H42O10. The number of esters is 2. The highest BCUT2D eigenvalue weighted by Crippen LogP contribution is 2.74. The molecule has 16 atom stereocenters. The Labute approximate surface area is 234 Å². The van der Waals surface area contributed by atoms with Crippen molar-refractivity contribution >= 4 is 11.9 Å². The molecule has 16 unspecified atom stereocenters. The van der Waals surface area contributed by atoms with Crippen LogP contribution in [-0.2, 0) is 28.5 Å². The van der Waals surface area contributed by atoms with Crippen molar-refractivity contribution in [2.75, 3.05) is 6.61 Å². The van der Waals surface area contributed by atoms with Gasteiger partial charge in [-0.1, -0.05) is 26.3 Å². The van der Waals surface area contributed by atoms with Crippen molar-refractivity contribution in [3.63, 3.8) is 0 Å². The van der Waals surface area contributed by atoms with E-state index in [4.69, 9.17) is 18.9 Å². The van der Waals surface area contributed by atoms with Crippen LogP contribution in [0.4, 0.5) is 0 Å². The van der Waals surface area contributed by atoms with Gasteiger partial charge in [0.15, 0.2) is 0 Å². The topological polar surface area (TPSA) is 159 Å². The van der Waals surface area contributed by atoms with Crippen LogP contribution in [-0.4, -0.2) is 93.4 Å². The van der Waals surface area contributed by atoms with Crippen LogP contribution in [0.15, 0.2) is 11.1 Å². The fourth-order valence-electron chi connectivity index (χ4n) is 10.7. The SMILES string of the molecule is CC(=O)OC1CC2C(C3OC3C3(O)CC4OC4C(O)C23C)C2CC(O)C(C(C)C3CC(C)=C(CO)C(=O)O3)C12C. The molecule has 7 aliphatic rings. The van der Waals surface area contributed by atoms with E-state index in [0.717, 1.165) is 5.57 Å². The third-order valence-electron chi connectivity index (χ3n) is 12.8. The highest BCUT2D eigenvalue weighted by molar-refractivity contribution is 5.90. The zero-order chi connectivity index (χ0) is 28.7. The lowest BCUT2D eigenvalue weighted by molar-refractivity contribution is -0.246. The first kappa shape index (κ1) is 27.3. The Morgan fingerprint density at radius 3 is 2.52 bits per heavy atom. The van der Waals surface area contributed by atoms with Gasteiger partial charge in [-0.05, 0) is 43.4 Å². The van der Waals surface area contributed by atoms with Gasteiger partial charge in [0.1, 0.15) is 30.0 Å². The molecule has 0 aromatic carbocycles. The van der Waals surface area contributed by atoms with Crippen LogP contribution in [0.5, 0.6) is 0 Å². The van der Waals surface area contributed by atoms with Crippen LogP contribution in [0.3, 0.4) is 0 Å². The molecule has 40 heavy (non-hydrogen) atoms. The molecule has 3 heterocycles. The summed E-state index contributed by atoms with van der Waals surface area (Å²) in [7, 11) is 0. The normalized spacial score (nSPS) is 56.6. The molecule has 6 fully saturated rings. The maximum atomic E-state index is 12.7. The maximum Gasteiger partial charge on any atom is 0.336 e. The van der Waals surface area contributed by atoms with Crippen molar-refractivity contribution < 1.29 is 49.0 Å². The van der Waals surface area contributed by atoms with Crippen molar-refractivity contribution in [2.24, 2.45) is 40.4 Å². The summed E-state index contributed by atoms with van der Waals surface area (Å²) in [5, 5.41) is 45.0. The number of epoxide rings is 2. The number of cyclic esters (lactones) is 1. The Hall–Kier alpha value is -1.56. The maximum absolute atomic E-state index is 12.7. The van der Waals surface area contributed by atoms with Crippen molar-refractivity contribution in [2.45, 2.75) is 115 Å². The third kappa shape index (κ3) is 3.26. The molecule has 2 saturated heterocycles. The number of aliphatic hydroxyl groups is 4. The van der Waals surface area contributed by atoms with Crippen molar-refractivity contribution in [1.82, 2.24) is 0 Å². The lowest BCUT2D eigenvalue weighted by atomic mass is 9.42. The van der Waals surface area contributed by atoms with Gasteiger partial charge in [-0.3, -0.25) is 4.79 Å². The zero-order valence-electron chi connectivity index (χ0n) is 23.8. The summed E-state index contributed by atoms with van der Waals surface area (Å²) in [5.74, 6) is -1.93. The molecule has 10 heteroatoms. The Kier molecular flexibility index (Phi) is 5.80. The molecule has 0 spiro atoms. The molecule has 0 bridgehead atoms. The Morgan fingerprint density at radius 1 is 1.15 bits per heavy atom. The van der Waals surface area contributed by atoms with Crippen LogP contribution < -0.4 is 0 Å². The number of carbonyl (C=O) groups is 2. The number of fused-ring (bicyclic) bond motifs is 9. The standard InChI is InChI=1S/C30H42O10/c1-11-6-18(39-27(35)14(11)10-31)12(2)22-17(33)7-15-21-16(8-20(28(15,22)4)37-13(3)32)29(5)25(34)23-19(38-23)9-30(29,36)26-24(21)40-26/h12,15-26,31,33-34,36H,6-10H2,1-5H3. The smallest absolute Gasteiger partial charge is 0.336 e. The van der Waals surface area contributed by atoms with Gasteiger partial charge in [0.05, 0.1) is 36.6 Å². The van der Waals surface area contributed by atoms with E-state index in [-0.39, 0.29) is 60.1 Å². The highest BCUT2D eigenvalue weighted by Gasteiger charge is 2.83. The molecule has 4 N–H and O–H groups in total. The van der Waals surface area contributed by atoms with Gasteiger partial charge >= 0.3 is 11.9 Å². The summed E-state index contributed by atoms with van der Waals surface area (Å²) < 4.78 is 23.9. The largest absolute Gasteiger partial charge is 0.462 e. The van der Waals surface area contributed by atoms with Crippen LogP contribution >= 0.6 is 0 Å². The second kappa shape index (κ2) is 8.51. The van der Waals surface area contributed by atoms with Gasteiger partial charge < -0.3 is 39.4 Å². The number of ether oxygens (including phenoxy) is 4. The zero-order valence-corrected chi connectivity index (χ0v) is 23.8. The molecule has 222 valence electrons. The second-order valence-corrected chi connectivity index (χ2v) is 14.3. The summed E-state index contributed by atoms with van der Waals surface area (Å²) in [6, 6.07) is 0. The van der Waals surface area contributed by atoms with Crippen molar-refractivity contribution in [3.8, 4) is 0 Å². The predicted octanol–water partition coefficient (Wildman–Crippen LogP) is 0.868. The number of aliphatic hydroxyl groups excluding tert-OH is 3. The number of rotatable bonds is 4. The van der Waals surface area contributed by atoms with Crippen molar-refractivity contribution in [1.29, 1.82) is 0 Å². The summed E-state index contributed by atoms with van der Waals surface area (Å²) in [6.07, 6.45) is -2.03. The molecule has 4 aliphatic carbocycles. The first-order valence-electron chi connectivity index (χ1n) is 14.9. The van der Waals surface area contributed by atoms with Crippen LogP contribution in [0.1, 0.15) is 60.3 Å². The summed E-state index contributed by atoms with van der Waals surface area (Å²) in [4.78, 5) is 25.2. The van der Waals surface area contributed by atoms with Crippen molar-refractivity contribution in [3.05, 3.63) is 11.1 Å². The van der Waals surface area contributed by atoms with Gasteiger partial charge in [-0.15, -0.1) is 0 Å². The van der Waals surface area contributed by atoms with Gasteiger partial charge in [-0.25, -0.2) is 4.79 Å².